The Hall–Kier alpha value is -3.05. The molecule has 0 bridgehead atoms. The molecule has 2 saturated heterocycles. The number of likely N-dealkylation sites (tertiary alicyclic amines) is 1. The molecule has 2 aliphatic heterocycles. The number of Topliss-reactive ketones (excluding diaryl/α,β-unsaturated/α-hetero) is 1. The molecular weight excluding hydrogens is 518 g/mol. The Bertz CT molecular complexity index is 1060. The second-order valence-corrected chi connectivity index (χ2v) is 10.8. The summed E-state index contributed by atoms with van der Waals surface area (Å²) < 4.78 is 11.9. The van der Waals surface area contributed by atoms with E-state index >= 15 is 0 Å². The summed E-state index contributed by atoms with van der Waals surface area (Å²) in [6, 6.07) is -0.899. The molecule has 0 aromatic carbocycles. The maximum Gasteiger partial charge on any atom is 0.303 e. The molecule has 4 N–H and O–H groups in total. The lowest BCUT2D eigenvalue weighted by molar-refractivity contribution is -0.267. The topological polar surface area (TPSA) is 154 Å². The van der Waals surface area contributed by atoms with Gasteiger partial charge in [0.25, 0.3) is 5.91 Å². The first-order valence-electron chi connectivity index (χ1n) is 13.6. The Morgan fingerprint density at radius 2 is 1.73 bits per heavy atom. The van der Waals surface area contributed by atoms with Crippen LogP contribution in [-0.4, -0.2) is 86.8 Å². The molecule has 2 fully saturated rings. The molecule has 2 rings (SSSR count). The molecule has 0 aromatic rings. The van der Waals surface area contributed by atoms with E-state index in [1.165, 1.54) is 19.2 Å². The van der Waals surface area contributed by atoms with E-state index in [0.717, 1.165) is 10.5 Å². The van der Waals surface area contributed by atoms with E-state index in [1.807, 2.05) is 26.0 Å². The van der Waals surface area contributed by atoms with Crippen molar-refractivity contribution in [2.75, 3.05) is 7.05 Å². The minimum Gasteiger partial charge on any atom is -0.507 e. The Morgan fingerprint density at radius 3 is 2.30 bits per heavy atom. The highest BCUT2D eigenvalue weighted by molar-refractivity contribution is 6.26. The molecule has 7 atom stereocenters. The van der Waals surface area contributed by atoms with Gasteiger partial charge >= 0.3 is 5.97 Å². The SMILES string of the molecule is CC(/C=C/C=C/C=C/C(O)=C1C(=O)[C@@H](CCC(=O)O)N(C)C1=O)=C\[C@H](C)[C@@H](O[C@H]1C[C@@H](O)[C@H](O)[C@@H](C)O1)C(C)C. The number of hydrogen-bond acceptors (Lipinski definition) is 8. The second kappa shape index (κ2) is 15.1. The molecule has 0 spiro atoms. The van der Waals surface area contributed by atoms with Crippen LogP contribution in [-0.2, 0) is 23.9 Å². The highest BCUT2D eigenvalue weighted by Crippen LogP contribution is 2.28. The fourth-order valence-electron chi connectivity index (χ4n) is 4.89. The van der Waals surface area contributed by atoms with E-state index in [9.17, 15) is 29.7 Å². The van der Waals surface area contributed by atoms with Crippen LogP contribution in [0.1, 0.15) is 53.9 Å². The third-order valence-electron chi connectivity index (χ3n) is 7.07. The van der Waals surface area contributed by atoms with Crippen molar-refractivity contribution in [1.82, 2.24) is 4.90 Å². The molecular formula is C30H43NO9. The maximum atomic E-state index is 12.5. The number of carbonyl (C=O) groups is 3. The maximum absolute atomic E-state index is 12.5. The number of rotatable bonds is 12. The van der Waals surface area contributed by atoms with E-state index in [2.05, 4.69) is 19.9 Å². The van der Waals surface area contributed by atoms with E-state index in [0.29, 0.717) is 0 Å². The van der Waals surface area contributed by atoms with Crippen LogP contribution in [0.25, 0.3) is 0 Å². The van der Waals surface area contributed by atoms with Crippen LogP contribution in [0.2, 0.25) is 0 Å². The number of aliphatic hydroxyl groups excluding tert-OH is 3. The zero-order valence-corrected chi connectivity index (χ0v) is 24.1. The van der Waals surface area contributed by atoms with Crippen LogP contribution in [0, 0.1) is 11.8 Å². The summed E-state index contributed by atoms with van der Waals surface area (Å²) in [7, 11) is 1.41. The highest BCUT2D eigenvalue weighted by Gasteiger charge is 2.42. The van der Waals surface area contributed by atoms with Crippen molar-refractivity contribution in [3.8, 4) is 0 Å². The summed E-state index contributed by atoms with van der Waals surface area (Å²) in [6.45, 7) is 9.82. The summed E-state index contributed by atoms with van der Waals surface area (Å²) in [5, 5.41) is 39.1. The Morgan fingerprint density at radius 1 is 1.10 bits per heavy atom. The summed E-state index contributed by atoms with van der Waals surface area (Å²) in [5.41, 5.74) is 0.651. The van der Waals surface area contributed by atoms with Gasteiger partial charge in [0.05, 0.1) is 24.4 Å². The Labute approximate surface area is 236 Å². The van der Waals surface area contributed by atoms with Gasteiger partial charge in [0.2, 0.25) is 0 Å². The predicted molar refractivity (Wildman–Crippen MR) is 149 cm³/mol. The molecule has 2 heterocycles. The van der Waals surface area contributed by atoms with Crippen molar-refractivity contribution in [2.24, 2.45) is 11.8 Å². The standard InChI is InChI=1S/C30H43NO9/c1-17(2)29(40-25-16-23(33)27(36)20(5)39-25)19(4)15-18(3)11-9-7-8-10-12-22(32)26-28(37)21(13-14-24(34)35)31(6)30(26)38/h7-12,15,17,19-21,23,25,27,29,32-33,36H,13-14,16H2,1-6H3,(H,34,35)/b8-7+,11-9+,12-10+,18-15+,26-22?/t19-,20+,21+,23+,25-,27+,29-/m0/s1. The number of carboxylic acid groups (broad SMARTS) is 1. The minimum atomic E-state index is -1.06. The third-order valence-corrected chi connectivity index (χ3v) is 7.07. The number of aliphatic carboxylic acids is 1. The van der Waals surface area contributed by atoms with Gasteiger partial charge in [0, 0.05) is 25.8 Å². The molecule has 0 radical (unpaired) electrons. The smallest absolute Gasteiger partial charge is 0.303 e. The van der Waals surface area contributed by atoms with Crippen LogP contribution in [0.4, 0.5) is 0 Å². The average Bonchev–Trinajstić information content (AvgIpc) is 3.08. The van der Waals surface area contributed by atoms with Gasteiger partial charge < -0.3 is 34.8 Å². The average molecular weight is 562 g/mol. The van der Waals surface area contributed by atoms with Crippen molar-refractivity contribution in [1.29, 1.82) is 0 Å². The molecule has 10 nitrogen and oxygen atoms in total. The zero-order valence-electron chi connectivity index (χ0n) is 24.1. The molecule has 2 aliphatic rings. The van der Waals surface area contributed by atoms with Crippen LogP contribution < -0.4 is 0 Å². The first-order chi connectivity index (χ1) is 18.7. The number of amides is 1. The summed E-state index contributed by atoms with van der Waals surface area (Å²) in [4.78, 5) is 36.9. The summed E-state index contributed by atoms with van der Waals surface area (Å²) in [6.07, 6.45) is 8.75. The number of carbonyl (C=O) groups excluding carboxylic acids is 2. The number of ether oxygens (including phenoxy) is 2. The first-order valence-corrected chi connectivity index (χ1v) is 13.6. The Balaban J connectivity index is 1.97. The molecule has 1 amide bonds. The second-order valence-electron chi connectivity index (χ2n) is 10.8. The van der Waals surface area contributed by atoms with Crippen LogP contribution in [0.15, 0.2) is 59.4 Å². The lowest BCUT2D eigenvalue weighted by Gasteiger charge is -2.38. The van der Waals surface area contributed by atoms with E-state index in [4.69, 9.17) is 14.6 Å². The lowest BCUT2D eigenvalue weighted by atomic mass is 9.92. The van der Waals surface area contributed by atoms with Gasteiger partial charge in [-0.2, -0.15) is 0 Å². The van der Waals surface area contributed by atoms with Gasteiger partial charge in [0.15, 0.2) is 12.1 Å². The van der Waals surface area contributed by atoms with E-state index in [1.54, 1.807) is 19.1 Å². The number of aliphatic hydroxyl groups is 3. The number of ketones is 1. The van der Waals surface area contributed by atoms with Gasteiger partial charge in [0.1, 0.15) is 17.4 Å². The van der Waals surface area contributed by atoms with Crippen molar-refractivity contribution in [3.05, 3.63) is 59.4 Å². The number of likely N-dealkylation sites (N-methyl/N-ethyl adjacent to an activating group) is 1. The van der Waals surface area contributed by atoms with Gasteiger partial charge in [-0.15, -0.1) is 0 Å². The summed E-state index contributed by atoms with van der Waals surface area (Å²) in [5.74, 6) is -2.52. The third kappa shape index (κ3) is 8.99. The molecule has 40 heavy (non-hydrogen) atoms. The van der Waals surface area contributed by atoms with Crippen LogP contribution in [0.3, 0.4) is 0 Å². The molecule has 0 aromatic heterocycles. The van der Waals surface area contributed by atoms with Crippen molar-refractivity contribution in [3.63, 3.8) is 0 Å². The van der Waals surface area contributed by atoms with Crippen molar-refractivity contribution in [2.45, 2.75) is 90.6 Å². The predicted octanol–water partition coefficient (Wildman–Crippen LogP) is 3.22. The lowest BCUT2D eigenvalue weighted by Crippen LogP contribution is -2.49. The van der Waals surface area contributed by atoms with Crippen LogP contribution >= 0.6 is 0 Å². The molecule has 222 valence electrons. The van der Waals surface area contributed by atoms with Gasteiger partial charge in [-0.25, -0.2) is 0 Å². The summed E-state index contributed by atoms with van der Waals surface area (Å²) >= 11 is 0. The number of carboxylic acids is 1. The van der Waals surface area contributed by atoms with E-state index < -0.39 is 54.1 Å². The van der Waals surface area contributed by atoms with Crippen LogP contribution in [0.5, 0.6) is 0 Å². The Kier molecular flexibility index (Phi) is 12.5. The monoisotopic (exact) mass is 561 g/mol. The zero-order chi connectivity index (χ0) is 30.1. The number of hydrogen-bond donors (Lipinski definition) is 4. The quantitative estimate of drug-likeness (QED) is 0.122. The van der Waals surface area contributed by atoms with Crippen molar-refractivity contribution < 1.29 is 44.3 Å². The molecule has 10 heteroatoms. The fraction of sp³-hybridized carbons (Fsp3) is 0.567. The number of nitrogens with zero attached hydrogens (tertiary/aromatic N) is 1. The van der Waals surface area contributed by atoms with Gasteiger partial charge in [-0.05, 0) is 32.3 Å². The number of allylic oxidation sites excluding steroid dienone is 7. The molecule has 0 saturated carbocycles. The molecule has 0 aliphatic carbocycles. The first kappa shape index (κ1) is 33.2. The van der Waals surface area contributed by atoms with Crippen molar-refractivity contribution >= 4 is 17.7 Å². The highest BCUT2D eigenvalue weighted by atomic mass is 16.7. The minimum absolute atomic E-state index is 0.0159. The van der Waals surface area contributed by atoms with E-state index in [-0.39, 0.29) is 42.8 Å². The van der Waals surface area contributed by atoms with Gasteiger partial charge in [-0.3, -0.25) is 14.4 Å². The normalized spacial score (nSPS) is 29.4. The fourth-order valence-corrected chi connectivity index (χ4v) is 4.89. The largest absolute Gasteiger partial charge is 0.507 e. The molecule has 0 unspecified atom stereocenters. The van der Waals surface area contributed by atoms with Gasteiger partial charge in [-0.1, -0.05) is 62.8 Å².